The zero-order valence-electron chi connectivity index (χ0n) is 14.5. The lowest BCUT2D eigenvalue weighted by Gasteiger charge is -2.11. The number of hydrogen-bond acceptors (Lipinski definition) is 5. The molecule has 1 heterocycles. The maximum Gasteiger partial charge on any atom is 0.387 e. The third-order valence-corrected chi connectivity index (χ3v) is 3.78. The molecule has 0 saturated carbocycles. The topological polar surface area (TPSA) is 74.5 Å². The standard InChI is InChI=1S/C19H12F4N2O4/c20-18(21)28-14-9-6-11(16(10-14)29-19(22)23)4-7-13-8-5-12-2-1-3-15(25(26)27)17(12)24-13/h1-10,18-19H/b7-4+. The maximum atomic E-state index is 12.6. The van der Waals surface area contributed by atoms with Crippen molar-refractivity contribution in [2.75, 3.05) is 0 Å². The molecule has 29 heavy (non-hydrogen) atoms. The van der Waals surface area contributed by atoms with Gasteiger partial charge in [0, 0.05) is 23.1 Å². The first-order chi connectivity index (χ1) is 13.8. The maximum absolute atomic E-state index is 12.6. The van der Waals surface area contributed by atoms with Gasteiger partial charge in [-0.2, -0.15) is 17.6 Å². The number of hydrogen-bond donors (Lipinski definition) is 0. The minimum Gasteiger partial charge on any atom is -0.435 e. The predicted molar refractivity (Wildman–Crippen MR) is 97.0 cm³/mol. The second-order valence-electron chi connectivity index (χ2n) is 5.63. The molecule has 0 atom stereocenters. The van der Waals surface area contributed by atoms with Gasteiger partial charge in [0.2, 0.25) is 0 Å². The third-order valence-electron chi connectivity index (χ3n) is 3.78. The summed E-state index contributed by atoms with van der Waals surface area (Å²) in [5.41, 5.74) is 0.469. The van der Waals surface area contributed by atoms with Crippen molar-refractivity contribution in [1.29, 1.82) is 0 Å². The van der Waals surface area contributed by atoms with E-state index in [0.29, 0.717) is 11.1 Å². The monoisotopic (exact) mass is 408 g/mol. The molecule has 0 N–H and O–H groups in total. The number of para-hydroxylation sites is 1. The molecule has 150 valence electrons. The Hall–Kier alpha value is -3.69. The molecule has 1 aromatic heterocycles. The largest absolute Gasteiger partial charge is 0.435 e. The number of non-ortho nitro benzene ring substituents is 1. The highest BCUT2D eigenvalue weighted by Crippen LogP contribution is 2.29. The summed E-state index contributed by atoms with van der Waals surface area (Å²) in [7, 11) is 0. The summed E-state index contributed by atoms with van der Waals surface area (Å²) in [6.45, 7) is -6.29. The van der Waals surface area contributed by atoms with Crippen LogP contribution in [0.15, 0.2) is 48.5 Å². The van der Waals surface area contributed by atoms with Gasteiger partial charge in [-0.1, -0.05) is 18.2 Å². The Kier molecular flexibility index (Phi) is 5.91. The highest BCUT2D eigenvalue weighted by Gasteiger charge is 2.14. The molecule has 0 fully saturated rings. The number of ether oxygens (including phenoxy) is 2. The summed E-state index contributed by atoms with van der Waals surface area (Å²) in [6, 6.07) is 11.1. The summed E-state index contributed by atoms with van der Waals surface area (Å²) < 4.78 is 58.5. The Balaban J connectivity index is 1.96. The zero-order valence-corrected chi connectivity index (χ0v) is 14.5. The van der Waals surface area contributed by atoms with E-state index in [4.69, 9.17) is 0 Å². The number of aromatic nitrogens is 1. The molecule has 0 spiro atoms. The van der Waals surface area contributed by atoms with Gasteiger partial charge in [0.15, 0.2) is 0 Å². The fraction of sp³-hybridized carbons (Fsp3) is 0.105. The Labute approximate surface area is 161 Å². The number of pyridine rings is 1. The van der Waals surface area contributed by atoms with E-state index in [1.807, 2.05) is 0 Å². The van der Waals surface area contributed by atoms with E-state index in [0.717, 1.165) is 6.07 Å². The smallest absolute Gasteiger partial charge is 0.387 e. The zero-order chi connectivity index (χ0) is 21.0. The summed E-state index contributed by atoms with van der Waals surface area (Å²) in [5.74, 6) is -0.714. The summed E-state index contributed by atoms with van der Waals surface area (Å²) >= 11 is 0. The van der Waals surface area contributed by atoms with E-state index >= 15 is 0 Å². The van der Waals surface area contributed by atoms with Crippen LogP contribution in [0.4, 0.5) is 23.2 Å². The predicted octanol–water partition coefficient (Wildman–Crippen LogP) is 5.52. The molecule has 10 heteroatoms. The highest BCUT2D eigenvalue weighted by molar-refractivity contribution is 5.88. The summed E-state index contributed by atoms with van der Waals surface area (Å²) in [4.78, 5) is 14.8. The molecule has 6 nitrogen and oxygen atoms in total. The van der Waals surface area contributed by atoms with Crippen molar-refractivity contribution < 1.29 is 32.0 Å². The van der Waals surface area contributed by atoms with Crippen LogP contribution in [0.1, 0.15) is 11.3 Å². The first kappa shape index (κ1) is 20.1. The molecular weight excluding hydrogens is 396 g/mol. The molecule has 3 aromatic rings. The molecule has 0 aliphatic rings. The van der Waals surface area contributed by atoms with Crippen LogP contribution in [-0.2, 0) is 0 Å². The van der Waals surface area contributed by atoms with E-state index in [9.17, 15) is 27.7 Å². The lowest BCUT2D eigenvalue weighted by Crippen LogP contribution is -2.05. The minimum absolute atomic E-state index is 0.149. The minimum atomic E-state index is -3.18. The van der Waals surface area contributed by atoms with Gasteiger partial charge >= 0.3 is 13.2 Å². The lowest BCUT2D eigenvalue weighted by atomic mass is 10.1. The molecule has 0 bridgehead atoms. The van der Waals surface area contributed by atoms with Crippen molar-refractivity contribution in [3.8, 4) is 11.5 Å². The van der Waals surface area contributed by atoms with E-state index in [1.165, 1.54) is 36.4 Å². The number of benzene rings is 2. The van der Waals surface area contributed by atoms with Crippen LogP contribution < -0.4 is 9.47 Å². The van der Waals surface area contributed by atoms with Crippen LogP contribution in [0.25, 0.3) is 23.1 Å². The number of fused-ring (bicyclic) bond motifs is 1. The van der Waals surface area contributed by atoms with Gasteiger partial charge < -0.3 is 9.47 Å². The molecule has 3 rings (SSSR count). The average Bonchev–Trinajstić information content (AvgIpc) is 2.65. The molecule has 2 aromatic carbocycles. The van der Waals surface area contributed by atoms with Crippen molar-refractivity contribution >= 4 is 28.7 Å². The molecule has 0 aliphatic heterocycles. The number of nitro benzene ring substituents is 1. The molecule has 0 radical (unpaired) electrons. The van der Waals surface area contributed by atoms with Crippen LogP contribution in [0.5, 0.6) is 11.5 Å². The number of alkyl halides is 4. The van der Waals surface area contributed by atoms with Crippen LogP contribution in [0.3, 0.4) is 0 Å². The number of nitrogens with zero attached hydrogens (tertiary/aromatic N) is 2. The molecule has 0 unspecified atom stereocenters. The van der Waals surface area contributed by atoms with Gasteiger partial charge in [-0.05, 0) is 30.4 Å². The fourth-order valence-corrected chi connectivity index (χ4v) is 2.59. The second-order valence-corrected chi connectivity index (χ2v) is 5.63. The SMILES string of the molecule is O=[N+]([O-])c1cccc2ccc(/C=C/c3ccc(OC(F)F)cc3OC(F)F)nc12. The van der Waals surface area contributed by atoms with E-state index in [1.54, 1.807) is 18.2 Å². The Bertz CT molecular complexity index is 1070. The van der Waals surface area contributed by atoms with Crippen molar-refractivity contribution in [3.63, 3.8) is 0 Å². The third kappa shape index (κ3) is 4.98. The van der Waals surface area contributed by atoms with Crippen molar-refractivity contribution in [1.82, 2.24) is 4.98 Å². The molecule has 0 amide bonds. The van der Waals surface area contributed by atoms with Crippen molar-refractivity contribution in [3.05, 3.63) is 69.9 Å². The van der Waals surface area contributed by atoms with Crippen molar-refractivity contribution in [2.45, 2.75) is 13.2 Å². The lowest BCUT2D eigenvalue weighted by molar-refractivity contribution is -0.383. The van der Waals surface area contributed by atoms with Crippen LogP contribution in [0.2, 0.25) is 0 Å². The van der Waals surface area contributed by atoms with Crippen LogP contribution in [-0.4, -0.2) is 23.1 Å². The van der Waals surface area contributed by atoms with Crippen molar-refractivity contribution in [2.24, 2.45) is 0 Å². The Morgan fingerprint density at radius 1 is 0.966 bits per heavy atom. The van der Waals surface area contributed by atoms with E-state index in [-0.39, 0.29) is 28.3 Å². The quantitative estimate of drug-likeness (QED) is 0.293. The number of rotatable bonds is 7. The first-order valence-electron chi connectivity index (χ1n) is 8.09. The Morgan fingerprint density at radius 2 is 1.72 bits per heavy atom. The fourth-order valence-electron chi connectivity index (χ4n) is 2.59. The van der Waals surface area contributed by atoms with Gasteiger partial charge in [0.05, 0.1) is 10.6 Å². The average molecular weight is 408 g/mol. The number of nitro groups is 1. The van der Waals surface area contributed by atoms with Gasteiger partial charge in [0.1, 0.15) is 17.0 Å². The normalized spacial score (nSPS) is 11.5. The highest BCUT2D eigenvalue weighted by atomic mass is 19.3. The molecular formula is C19H12F4N2O4. The van der Waals surface area contributed by atoms with Crippen LogP contribution in [0, 0.1) is 10.1 Å². The summed E-state index contributed by atoms with van der Waals surface area (Å²) in [6.07, 6.45) is 2.80. The summed E-state index contributed by atoms with van der Waals surface area (Å²) in [5, 5.41) is 11.7. The van der Waals surface area contributed by atoms with E-state index < -0.39 is 18.1 Å². The van der Waals surface area contributed by atoms with Crippen LogP contribution >= 0.6 is 0 Å². The number of halogens is 4. The van der Waals surface area contributed by atoms with Gasteiger partial charge in [-0.15, -0.1) is 0 Å². The second kappa shape index (κ2) is 8.55. The van der Waals surface area contributed by atoms with Gasteiger partial charge in [0.25, 0.3) is 5.69 Å². The van der Waals surface area contributed by atoms with Gasteiger partial charge in [-0.3, -0.25) is 10.1 Å². The Morgan fingerprint density at radius 3 is 2.41 bits per heavy atom. The van der Waals surface area contributed by atoms with E-state index in [2.05, 4.69) is 14.5 Å². The molecule has 0 aliphatic carbocycles. The first-order valence-corrected chi connectivity index (χ1v) is 8.09. The molecule has 0 saturated heterocycles. The van der Waals surface area contributed by atoms with Gasteiger partial charge in [-0.25, -0.2) is 4.98 Å².